The number of halogens is 1. The summed E-state index contributed by atoms with van der Waals surface area (Å²) < 4.78 is 6.95. The van der Waals surface area contributed by atoms with Gasteiger partial charge in [0.25, 0.3) is 0 Å². The first-order valence-electron chi connectivity index (χ1n) is 5.97. The van der Waals surface area contributed by atoms with Crippen LogP contribution >= 0.6 is 27.3 Å². The van der Waals surface area contributed by atoms with E-state index in [0.29, 0.717) is 6.61 Å². The zero-order valence-electron chi connectivity index (χ0n) is 9.86. The third-order valence-electron chi connectivity index (χ3n) is 3.30. The maximum Gasteiger partial charge on any atom is 0.124 e. The Balaban J connectivity index is 1.73. The summed E-state index contributed by atoms with van der Waals surface area (Å²) in [6, 6.07) is 8.51. The predicted octanol–water partition coefficient (Wildman–Crippen LogP) is 4.04. The Kier molecular flexibility index (Phi) is 3.41. The number of hydrogen-bond acceptors (Lipinski definition) is 3. The average Bonchev–Trinajstić information content (AvgIpc) is 2.94. The number of benzene rings is 1. The molecule has 2 aromatic rings. The van der Waals surface area contributed by atoms with Crippen LogP contribution in [0.3, 0.4) is 0 Å². The van der Waals surface area contributed by atoms with Gasteiger partial charge in [0, 0.05) is 10.5 Å². The second kappa shape index (κ2) is 5.03. The lowest BCUT2D eigenvalue weighted by Gasteiger charge is -2.09. The molecule has 0 fully saturated rings. The molecule has 1 aliphatic rings. The Hall–Kier alpha value is -0.840. The molecule has 1 aromatic carbocycles. The molecule has 0 saturated carbocycles. The highest BCUT2D eigenvalue weighted by atomic mass is 79.9. The van der Waals surface area contributed by atoms with E-state index in [2.05, 4.69) is 33.4 Å². The first kappa shape index (κ1) is 12.2. The van der Waals surface area contributed by atoms with Crippen molar-refractivity contribution in [2.24, 2.45) is 5.73 Å². The summed E-state index contributed by atoms with van der Waals surface area (Å²) in [5.74, 6) is 0.933. The molecule has 0 bridgehead atoms. The first-order valence-corrected chi connectivity index (χ1v) is 7.64. The molecule has 1 unspecified atom stereocenters. The number of hydrogen-bond donors (Lipinski definition) is 1. The molecule has 0 spiro atoms. The molecule has 2 N–H and O–H groups in total. The van der Waals surface area contributed by atoms with Crippen LogP contribution in [0, 0.1) is 0 Å². The summed E-state index contributed by atoms with van der Waals surface area (Å²) >= 11 is 5.21. The largest absolute Gasteiger partial charge is 0.488 e. The lowest BCUT2D eigenvalue weighted by molar-refractivity contribution is 0.309. The Bertz CT molecular complexity index is 567. The fourth-order valence-corrected chi connectivity index (χ4v) is 3.67. The molecule has 94 valence electrons. The highest BCUT2D eigenvalue weighted by Crippen LogP contribution is 2.32. The van der Waals surface area contributed by atoms with E-state index in [1.807, 2.05) is 12.1 Å². The number of aryl methyl sites for hydroxylation is 1. The highest BCUT2D eigenvalue weighted by molar-refractivity contribution is 9.10. The smallest absolute Gasteiger partial charge is 0.124 e. The number of rotatable bonds is 3. The predicted molar refractivity (Wildman–Crippen MR) is 78.0 cm³/mol. The Morgan fingerprint density at radius 3 is 3.06 bits per heavy atom. The summed E-state index contributed by atoms with van der Waals surface area (Å²) in [6.07, 6.45) is 2.12. The van der Waals surface area contributed by atoms with Gasteiger partial charge in [0.2, 0.25) is 0 Å². The molecule has 1 aromatic heterocycles. The quantitative estimate of drug-likeness (QED) is 0.925. The third kappa shape index (κ3) is 2.32. The van der Waals surface area contributed by atoms with Crippen LogP contribution in [0.5, 0.6) is 5.75 Å². The molecule has 4 heteroatoms. The van der Waals surface area contributed by atoms with Crippen molar-refractivity contribution in [1.82, 2.24) is 0 Å². The average molecular weight is 324 g/mol. The summed E-state index contributed by atoms with van der Waals surface area (Å²) in [5, 5.41) is 2.06. The summed E-state index contributed by atoms with van der Waals surface area (Å²) in [5.41, 5.74) is 8.64. The van der Waals surface area contributed by atoms with Crippen LogP contribution < -0.4 is 10.5 Å². The van der Waals surface area contributed by atoms with Crippen LogP contribution in [0.15, 0.2) is 34.1 Å². The first-order chi connectivity index (χ1) is 8.74. The van der Waals surface area contributed by atoms with E-state index in [4.69, 9.17) is 10.5 Å². The minimum Gasteiger partial charge on any atom is -0.488 e. The van der Waals surface area contributed by atoms with Gasteiger partial charge in [-0.1, -0.05) is 6.07 Å². The summed E-state index contributed by atoms with van der Waals surface area (Å²) in [6.45, 7) is 0.614. The maximum absolute atomic E-state index is 6.02. The van der Waals surface area contributed by atoms with Gasteiger partial charge in [0.05, 0.1) is 4.88 Å². The van der Waals surface area contributed by atoms with Gasteiger partial charge in [-0.05, 0) is 63.5 Å². The molecule has 0 amide bonds. The van der Waals surface area contributed by atoms with E-state index in [1.165, 1.54) is 16.0 Å². The van der Waals surface area contributed by atoms with Crippen LogP contribution in [-0.2, 0) is 13.0 Å². The van der Waals surface area contributed by atoms with Crippen molar-refractivity contribution in [3.63, 3.8) is 0 Å². The van der Waals surface area contributed by atoms with Crippen molar-refractivity contribution in [3.8, 4) is 5.75 Å². The van der Waals surface area contributed by atoms with Crippen LogP contribution in [0.4, 0.5) is 0 Å². The van der Waals surface area contributed by atoms with Crippen molar-refractivity contribution in [1.29, 1.82) is 0 Å². The Labute approximate surface area is 119 Å². The number of thiophene rings is 1. The van der Waals surface area contributed by atoms with E-state index in [1.54, 1.807) is 11.3 Å². The zero-order valence-corrected chi connectivity index (χ0v) is 12.3. The molecule has 1 atom stereocenters. The molecular formula is C14H14BrNOS. The molecule has 0 saturated heterocycles. The van der Waals surface area contributed by atoms with Crippen LogP contribution in [0.1, 0.15) is 28.5 Å². The molecule has 1 aliphatic carbocycles. The molecule has 18 heavy (non-hydrogen) atoms. The van der Waals surface area contributed by atoms with Crippen molar-refractivity contribution < 1.29 is 4.74 Å². The standard InChI is InChI=1S/C14H14BrNOS/c15-12-5-6-18-14(12)8-17-10-2-3-11-9(7-10)1-4-13(11)16/h2-3,5-7,13H,1,4,8,16H2. The Morgan fingerprint density at radius 2 is 2.28 bits per heavy atom. The van der Waals surface area contributed by atoms with Gasteiger partial charge in [-0.15, -0.1) is 11.3 Å². The van der Waals surface area contributed by atoms with Gasteiger partial charge < -0.3 is 10.5 Å². The fraction of sp³-hybridized carbons (Fsp3) is 0.286. The summed E-state index contributed by atoms with van der Waals surface area (Å²) in [7, 11) is 0. The zero-order chi connectivity index (χ0) is 12.5. The molecule has 3 rings (SSSR count). The minimum atomic E-state index is 0.209. The van der Waals surface area contributed by atoms with Crippen LogP contribution in [-0.4, -0.2) is 0 Å². The second-order valence-electron chi connectivity index (χ2n) is 4.49. The van der Waals surface area contributed by atoms with Gasteiger partial charge in [0.1, 0.15) is 12.4 Å². The lowest BCUT2D eigenvalue weighted by Crippen LogP contribution is -2.04. The topological polar surface area (TPSA) is 35.2 Å². The fourth-order valence-electron chi connectivity index (χ4n) is 2.29. The van der Waals surface area contributed by atoms with Gasteiger partial charge in [-0.3, -0.25) is 0 Å². The SMILES string of the molecule is NC1CCc2cc(OCc3sccc3Br)ccc21. The van der Waals surface area contributed by atoms with E-state index in [-0.39, 0.29) is 6.04 Å². The van der Waals surface area contributed by atoms with Crippen molar-refractivity contribution in [2.75, 3.05) is 0 Å². The number of nitrogens with two attached hydrogens (primary N) is 1. The molecule has 0 aliphatic heterocycles. The van der Waals surface area contributed by atoms with Gasteiger partial charge in [0.15, 0.2) is 0 Å². The van der Waals surface area contributed by atoms with Crippen molar-refractivity contribution in [2.45, 2.75) is 25.5 Å². The Morgan fingerprint density at radius 1 is 1.39 bits per heavy atom. The van der Waals surface area contributed by atoms with E-state index in [9.17, 15) is 0 Å². The number of ether oxygens (including phenoxy) is 1. The number of fused-ring (bicyclic) bond motifs is 1. The third-order valence-corrected chi connectivity index (χ3v) is 5.20. The molecular weight excluding hydrogens is 310 g/mol. The molecule has 0 radical (unpaired) electrons. The molecule has 1 heterocycles. The van der Waals surface area contributed by atoms with Gasteiger partial charge >= 0.3 is 0 Å². The van der Waals surface area contributed by atoms with Gasteiger partial charge in [-0.2, -0.15) is 0 Å². The van der Waals surface area contributed by atoms with Crippen molar-refractivity contribution in [3.05, 3.63) is 50.1 Å². The van der Waals surface area contributed by atoms with E-state index in [0.717, 1.165) is 23.1 Å². The van der Waals surface area contributed by atoms with Crippen molar-refractivity contribution >= 4 is 27.3 Å². The van der Waals surface area contributed by atoms with E-state index >= 15 is 0 Å². The van der Waals surface area contributed by atoms with Crippen LogP contribution in [0.2, 0.25) is 0 Å². The van der Waals surface area contributed by atoms with Crippen LogP contribution in [0.25, 0.3) is 0 Å². The minimum absolute atomic E-state index is 0.209. The normalized spacial score (nSPS) is 17.8. The maximum atomic E-state index is 6.02. The highest BCUT2D eigenvalue weighted by Gasteiger charge is 2.19. The van der Waals surface area contributed by atoms with Gasteiger partial charge in [-0.25, -0.2) is 0 Å². The molecule has 2 nitrogen and oxygen atoms in total. The monoisotopic (exact) mass is 323 g/mol. The second-order valence-corrected chi connectivity index (χ2v) is 6.34. The van der Waals surface area contributed by atoms with E-state index < -0.39 is 0 Å². The summed E-state index contributed by atoms with van der Waals surface area (Å²) in [4.78, 5) is 1.21. The lowest BCUT2D eigenvalue weighted by atomic mass is 10.1.